The lowest BCUT2D eigenvalue weighted by Gasteiger charge is -2.29. The molecule has 4 atom stereocenters. The van der Waals surface area contributed by atoms with Crippen LogP contribution >= 0.6 is 0 Å². The van der Waals surface area contributed by atoms with Crippen LogP contribution in [0, 0.1) is 24.2 Å². The lowest BCUT2D eigenvalue weighted by atomic mass is 9.84. The van der Waals surface area contributed by atoms with Crippen LogP contribution in [-0.4, -0.2) is 17.8 Å². The Kier molecular flexibility index (Phi) is 19.2. The van der Waals surface area contributed by atoms with Gasteiger partial charge in [0.2, 0.25) is 0 Å². The van der Waals surface area contributed by atoms with Gasteiger partial charge in [0.15, 0.2) is 0 Å². The van der Waals surface area contributed by atoms with Crippen molar-refractivity contribution in [2.75, 3.05) is 6.61 Å². The van der Waals surface area contributed by atoms with Gasteiger partial charge in [0, 0.05) is 5.92 Å². The second-order valence-electron chi connectivity index (χ2n) is 12.2. The largest absolute Gasteiger partial charge is 0.493 e. The van der Waals surface area contributed by atoms with Gasteiger partial charge in [0.25, 0.3) is 0 Å². The molecule has 0 aromatic heterocycles. The first kappa shape index (κ1) is 34.0. The molecule has 0 spiro atoms. The average Bonchev–Trinajstić information content (AvgIpc) is 2.87. The molecule has 0 heterocycles. The number of aliphatic hydroxyl groups is 1. The van der Waals surface area contributed by atoms with Crippen molar-refractivity contribution in [1.82, 2.24) is 0 Å². The van der Waals surface area contributed by atoms with Gasteiger partial charge < -0.3 is 16.3 Å². The number of aliphatic hydroxyl groups excluding tert-OH is 1. The van der Waals surface area contributed by atoms with E-state index in [1.165, 1.54) is 101 Å². The number of hydrogen-bond donors (Lipinski definition) is 1. The van der Waals surface area contributed by atoms with Gasteiger partial charge >= 0.3 is 0 Å². The van der Waals surface area contributed by atoms with Crippen molar-refractivity contribution < 1.29 is 9.84 Å². The van der Waals surface area contributed by atoms with E-state index in [-0.39, 0.29) is 12.0 Å². The molecule has 0 aliphatic heterocycles. The molecule has 0 radical (unpaired) electrons. The molecule has 0 saturated carbocycles. The van der Waals surface area contributed by atoms with Crippen molar-refractivity contribution in [2.45, 2.75) is 157 Å². The molecule has 0 bridgehead atoms. The number of hydrogen-bond acceptors (Lipinski definition) is 2. The third-order valence-corrected chi connectivity index (χ3v) is 8.48. The van der Waals surface area contributed by atoms with Crippen molar-refractivity contribution in [3.63, 3.8) is 0 Å². The molecule has 2 heteroatoms. The van der Waals surface area contributed by atoms with Crippen LogP contribution in [0.15, 0.2) is 34.6 Å². The summed E-state index contributed by atoms with van der Waals surface area (Å²) in [4.78, 5) is 0. The lowest BCUT2D eigenvalue weighted by molar-refractivity contribution is 0.154. The highest BCUT2D eigenvalue weighted by Gasteiger charge is 2.26. The quantitative estimate of drug-likeness (QED) is 0.0882. The van der Waals surface area contributed by atoms with Crippen molar-refractivity contribution in [3.8, 4) is 0 Å². The summed E-state index contributed by atoms with van der Waals surface area (Å²) in [6, 6.07) is 0. The summed E-state index contributed by atoms with van der Waals surface area (Å²) in [6.45, 7) is 16.6. The van der Waals surface area contributed by atoms with Gasteiger partial charge in [0.1, 0.15) is 5.76 Å². The Bertz CT molecular complexity index is 671. The maximum atomic E-state index is 10.6. The van der Waals surface area contributed by atoms with Crippen molar-refractivity contribution in [1.29, 1.82) is 0 Å². The molecule has 0 aromatic rings. The van der Waals surface area contributed by atoms with Crippen molar-refractivity contribution in [3.05, 3.63) is 41.1 Å². The van der Waals surface area contributed by atoms with Crippen molar-refractivity contribution in [2.24, 2.45) is 17.8 Å². The monoisotopic (exact) mass is 515 g/mol. The summed E-state index contributed by atoms with van der Waals surface area (Å²) in [7, 11) is 0. The van der Waals surface area contributed by atoms with E-state index in [2.05, 4.69) is 67.0 Å². The molecular weight excluding hydrogens is 452 g/mol. The Morgan fingerprint density at radius 2 is 1.65 bits per heavy atom. The summed E-state index contributed by atoms with van der Waals surface area (Å²) in [5.41, 5.74) is 4.04. The van der Waals surface area contributed by atoms with E-state index >= 15 is 0 Å². The predicted octanol–water partition coefficient (Wildman–Crippen LogP) is 10.9. The van der Waals surface area contributed by atoms with Crippen molar-refractivity contribution >= 4 is 0 Å². The molecule has 0 saturated heterocycles. The SMILES string of the molecule is C[CH-]CC/C=C(\C)CCCC(C)CCCC(C)CCC1=CC(O)C(C)C(C)=C1OCCCCCCCC. The highest BCUT2D eigenvalue weighted by molar-refractivity contribution is 5.37. The second kappa shape index (κ2) is 20.9. The van der Waals surface area contributed by atoms with E-state index < -0.39 is 0 Å². The molecule has 1 rings (SSSR count). The number of ether oxygens (including phenoxy) is 1. The van der Waals surface area contributed by atoms with Crippen LogP contribution in [0.3, 0.4) is 0 Å². The van der Waals surface area contributed by atoms with E-state index in [4.69, 9.17) is 4.74 Å². The summed E-state index contributed by atoms with van der Waals surface area (Å²) >= 11 is 0. The van der Waals surface area contributed by atoms with Gasteiger partial charge in [-0.25, -0.2) is 0 Å². The fraction of sp³-hybridized carbons (Fsp3) is 0.800. The molecule has 37 heavy (non-hydrogen) atoms. The molecule has 0 fully saturated rings. The van der Waals surface area contributed by atoms with Crippen LogP contribution in [-0.2, 0) is 4.74 Å². The normalized spacial score (nSPS) is 20.2. The Morgan fingerprint density at radius 3 is 2.35 bits per heavy atom. The van der Waals surface area contributed by atoms with Gasteiger partial charge in [-0.3, -0.25) is 0 Å². The highest BCUT2D eigenvalue weighted by Crippen LogP contribution is 2.34. The minimum Gasteiger partial charge on any atom is -0.493 e. The zero-order valence-electron chi connectivity index (χ0n) is 25.9. The minimum atomic E-state index is -0.379. The Balaban J connectivity index is 2.35. The zero-order chi connectivity index (χ0) is 27.5. The molecule has 4 unspecified atom stereocenters. The van der Waals surface area contributed by atoms with Gasteiger partial charge in [-0.05, 0) is 75.0 Å². The summed E-state index contributed by atoms with van der Waals surface area (Å²) in [5, 5.41) is 10.6. The molecule has 216 valence electrons. The third kappa shape index (κ3) is 15.2. The second-order valence-corrected chi connectivity index (χ2v) is 12.2. The Morgan fingerprint density at radius 1 is 1.00 bits per heavy atom. The number of allylic oxidation sites excluding steroid dienone is 3. The zero-order valence-corrected chi connectivity index (χ0v) is 25.9. The first-order valence-corrected chi connectivity index (χ1v) is 16.0. The molecule has 1 aliphatic rings. The van der Waals surface area contributed by atoms with E-state index in [0.29, 0.717) is 5.92 Å². The maximum absolute atomic E-state index is 10.6. The fourth-order valence-electron chi connectivity index (χ4n) is 5.44. The molecule has 1 N–H and O–H groups in total. The van der Waals surface area contributed by atoms with Gasteiger partial charge in [-0.2, -0.15) is 13.3 Å². The molecule has 2 nitrogen and oxygen atoms in total. The summed E-state index contributed by atoms with van der Waals surface area (Å²) in [5.74, 6) is 2.78. The van der Waals surface area contributed by atoms with Crippen LogP contribution in [0.4, 0.5) is 0 Å². The number of rotatable bonds is 22. The van der Waals surface area contributed by atoms with E-state index in [0.717, 1.165) is 31.1 Å². The van der Waals surface area contributed by atoms with Gasteiger partial charge in [0.05, 0.1) is 12.7 Å². The third-order valence-electron chi connectivity index (χ3n) is 8.48. The minimum absolute atomic E-state index is 0.149. The van der Waals surface area contributed by atoms with E-state index in [9.17, 15) is 5.11 Å². The van der Waals surface area contributed by atoms with Crippen LogP contribution in [0.5, 0.6) is 0 Å². The molecule has 0 amide bonds. The molecular formula is C35H63O2-. The summed E-state index contributed by atoms with van der Waals surface area (Å²) < 4.78 is 6.35. The lowest BCUT2D eigenvalue weighted by Crippen LogP contribution is -2.23. The van der Waals surface area contributed by atoms with E-state index in [1.54, 1.807) is 5.57 Å². The van der Waals surface area contributed by atoms with Crippen LogP contribution in [0.25, 0.3) is 0 Å². The van der Waals surface area contributed by atoms with Crippen LogP contribution in [0.2, 0.25) is 0 Å². The first-order chi connectivity index (χ1) is 17.8. The van der Waals surface area contributed by atoms with Crippen LogP contribution < -0.4 is 0 Å². The van der Waals surface area contributed by atoms with E-state index in [1.807, 2.05) is 0 Å². The summed E-state index contributed by atoms with van der Waals surface area (Å²) in [6.07, 6.45) is 26.6. The Labute approximate surface area is 232 Å². The smallest absolute Gasteiger partial charge is 0.121 e. The van der Waals surface area contributed by atoms with Gasteiger partial charge in [-0.1, -0.05) is 104 Å². The maximum Gasteiger partial charge on any atom is 0.121 e. The highest BCUT2D eigenvalue weighted by atomic mass is 16.5. The predicted molar refractivity (Wildman–Crippen MR) is 164 cm³/mol. The number of unbranched alkanes of at least 4 members (excludes halogenated alkanes) is 7. The standard InChI is InChI=1S/C35H63O2/c1-8-10-12-13-14-16-26-37-35-32(7)31(6)34(36)27-33(35)25-24-30(5)23-18-22-29(4)21-17-20-28(3)19-15-11-9-2/h9,19,27,29-31,34,36H,8,10-18,20-26H2,1-7H3/q-1/b28-19+. The average molecular weight is 516 g/mol. The first-order valence-electron chi connectivity index (χ1n) is 16.0. The van der Waals surface area contributed by atoms with Crippen LogP contribution in [0.1, 0.15) is 151 Å². The topological polar surface area (TPSA) is 29.5 Å². The molecule has 1 aliphatic carbocycles. The Hall–Kier alpha value is -1.02. The fourth-order valence-corrected chi connectivity index (χ4v) is 5.44. The van der Waals surface area contributed by atoms with Gasteiger partial charge in [-0.15, -0.1) is 0 Å². The molecule has 0 aromatic carbocycles.